The fourth-order valence-corrected chi connectivity index (χ4v) is 3.68. The molecule has 0 aliphatic rings. The Bertz CT molecular complexity index is 973. The Hall–Kier alpha value is -2.96. The molecule has 30 heavy (non-hydrogen) atoms. The highest BCUT2D eigenvalue weighted by Crippen LogP contribution is 2.19. The number of benzene rings is 2. The van der Waals surface area contributed by atoms with Crippen LogP contribution in [0.2, 0.25) is 0 Å². The summed E-state index contributed by atoms with van der Waals surface area (Å²) < 4.78 is 1.47. The number of hydrogen-bond donors (Lipinski definition) is 2. The van der Waals surface area contributed by atoms with Crippen LogP contribution in [0.1, 0.15) is 30.9 Å². The summed E-state index contributed by atoms with van der Waals surface area (Å²) in [7, 11) is 0. The highest BCUT2D eigenvalue weighted by atomic mass is 16.3. The molecular formula is C24H29N3O3. The molecule has 0 aliphatic heterocycles. The average Bonchev–Trinajstić information content (AvgIpc) is 2.74. The molecule has 0 bridgehead atoms. The van der Waals surface area contributed by atoms with Gasteiger partial charge >= 0.3 is 5.69 Å². The number of aromatic nitrogens is 2. The minimum absolute atomic E-state index is 0.288. The molecule has 2 aromatic carbocycles. The molecule has 1 heterocycles. The van der Waals surface area contributed by atoms with Crippen LogP contribution in [0.25, 0.3) is 0 Å². The zero-order valence-electron chi connectivity index (χ0n) is 17.3. The normalized spacial score (nSPS) is 13.3. The average molecular weight is 408 g/mol. The van der Waals surface area contributed by atoms with E-state index >= 15 is 0 Å². The quantitative estimate of drug-likeness (QED) is 0.542. The number of rotatable bonds is 10. The predicted octanol–water partition coefficient (Wildman–Crippen LogP) is 2.77. The second-order valence-corrected chi connectivity index (χ2v) is 7.56. The van der Waals surface area contributed by atoms with Gasteiger partial charge in [0.05, 0.1) is 12.1 Å². The van der Waals surface area contributed by atoms with Gasteiger partial charge in [0.15, 0.2) is 0 Å². The maximum absolute atomic E-state index is 12.3. The molecule has 0 saturated heterocycles. The zero-order valence-corrected chi connectivity index (χ0v) is 17.3. The standard InChI is InChI=1S/C24H29N3O3/c1-2-9-22(28)21(18-26-15-14-23(29)25-24(26)30)27(16-19-10-5-3-6-11-19)17-20-12-7-4-8-13-20/h3-8,10-15,21-22,28H,2,9,16-18H2,1H3,(H,25,29,30)/t21-,22+/m0/s1. The van der Waals surface area contributed by atoms with Crippen molar-refractivity contribution in [1.82, 2.24) is 14.5 Å². The van der Waals surface area contributed by atoms with Gasteiger partial charge < -0.3 is 5.11 Å². The Labute approximate surface area is 176 Å². The number of aliphatic hydroxyl groups excluding tert-OH is 1. The lowest BCUT2D eigenvalue weighted by Crippen LogP contribution is -2.47. The first-order valence-corrected chi connectivity index (χ1v) is 10.4. The van der Waals surface area contributed by atoms with Gasteiger partial charge in [0.2, 0.25) is 0 Å². The number of nitrogens with zero attached hydrogens (tertiary/aromatic N) is 2. The van der Waals surface area contributed by atoms with E-state index in [0.717, 1.165) is 17.5 Å². The SMILES string of the molecule is CCC[C@@H](O)[C@H](Cn1ccc(=O)[nH]c1=O)N(Cc1ccccc1)Cc1ccccc1. The zero-order chi connectivity index (χ0) is 21.3. The lowest BCUT2D eigenvalue weighted by molar-refractivity contribution is 0.0237. The van der Waals surface area contributed by atoms with Crippen LogP contribution in [0.3, 0.4) is 0 Å². The lowest BCUT2D eigenvalue weighted by atomic mass is 10.0. The van der Waals surface area contributed by atoms with Gasteiger partial charge in [0.1, 0.15) is 0 Å². The van der Waals surface area contributed by atoms with E-state index in [4.69, 9.17) is 0 Å². The van der Waals surface area contributed by atoms with Crippen LogP contribution in [0.4, 0.5) is 0 Å². The fourth-order valence-electron chi connectivity index (χ4n) is 3.68. The third kappa shape index (κ3) is 6.02. The molecule has 0 saturated carbocycles. The highest BCUT2D eigenvalue weighted by molar-refractivity contribution is 5.17. The molecule has 0 unspecified atom stereocenters. The van der Waals surface area contributed by atoms with Crippen molar-refractivity contribution in [2.24, 2.45) is 0 Å². The van der Waals surface area contributed by atoms with Crippen LogP contribution in [0, 0.1) is 0 Å². The summed E-state index contributed by atoms with van der Waals surface area (Å²) in [5, 5.41) is 11.0. The van der Waals surface area contributed by atoms with Crippen molar-refractivity contribution in [2.45, 2.75) is 51.5 Å². The second kappa shape index (κ2) is 10.7. The topological polar surface area (TPSA) is 78.3 Å². The molecule has 3 aromatic rings. The Morgan fingerprint density at radius 3 is 2.00 bits per heavy atom. The van der Waals surface area contributed by atoms with Gasteiger partial charge in [-0.3, -0.25) is 19.2 Å². The van der Waals surface area contributed by atoms with Gasteiger partial charge in [-0.1, -0.05) is 74.0 Å². The van der Waals surface area contributed by atoms with E-state index in [1.165, 1.54) is 16.8 Å². The molecule has 2 atom stereocenters. The van der Waals surface area contributed by atoms with E-state index < -0.39 is 17.4 Å². The first-order valence-electron chi connectivity index (χ1n) is 10.4. The van der Waals surface area contributed by atoms with E-state index in [9.17, 15) is 14.7 Å². The van der Waals surface area contributed by atoms with Gasteiger partial charge in [0.25, 0.3) is 5.56 Å². The smallest absolute Gasteiger partial charge is 0.328 e. The summed E-state index contributed by atoms with van der Waals surface area (Å²) in [6.45, 7) is 3.60. The van der Waals surface area contributed by atoms with Crippen molar-refractivity contribution < 1.29 is 5.11 Å². The van der Waals surface area contributed by atoms with Gasteiger partial charge in [-0.2, -0.15) is 0 Å². The highest BCUT2D eigenvalue weighted by Gasteiger charge is 2.27. The summed E-state index contributed by atoms with van der Waals surface area (Å²) in [5.74, 6) is 0. The minimum atomic E-state index is -0.610. The molecular weight excluding hydrogens is 378 g/mol. The maximum atomic E-state index is 12.3. The van der Waals surface area contributed by atoms with Crippen LogP contribution in [0.5, 0.6) is 0 Å². The van der Waals surface area contributed by atoms with Crippen molar-refractivity contribution in [2.75, 3.05) is 0 Å². The third-order valence-electron chi connectivity index (χ3n) is 5.24. The molecule has 6 heteroatoms. The Kier molecular flexibility index (Phi) is 7.76. The van der Waals surface area contributed by atoms with Crippen molar-refractivity contribution in [3.63, 3.8) is 0 Å². The molecule has 3 rings (SSSR count). The third-order valence-corrected chi connectivity index (χ3v) is 5.24. The fraction of sp³-hybridized carbons (Fsp3) is 0.333. The molecule has 0 spiro atoms. The van der Waals surface area contributed by atoms with Crippen molar-refractivity contribution in [1.29, 1.82) is 0 Å². The van der Waals surface area contributed by atoms with E-state index in [2.05, 4.69) is 34.1 Å². The second-order valence-electron chi connectivity index (χ2n) is 7.56. The molecule has 6 nitrogen and oxygen atoms in total. The summed E-state index contributed by atoms with van der Waals surface area (Å²) in [6, 6.07) is 21.3. The molecule has 2 N–H and O–H groups in total. The van der Waals surface area contributed by atoms with Crippen LogP contribution >= 0.6 is 0 Å². The van der Waals surface area contributed by atoms with Crippen LogP contribution in [-0.2, 0) is 19.6 Å². The number of hydrogen-bond acceptors (Lipinski definition) is 4. The van der Waals surface area contributed by atoms with Crippen molar-refractivity contribution in [3.8, 4) is 0 Å². The minimum Gasteiger partial charge on any atom is -0.391 e. The number of H-pyrrole nitrogens is 1. The first kappa shape index (κ1) is 21.7. The predicted molar refractivity (Wildman–Crippen MR) is 118 cm³/mol. The molecule has 0 fully saturated rings. The summed E-state index contributed by atoms with van der Waals surface area (Å²) in [5.41, 5.74) is 1.38. The maximum Gasteiger partial charge on any atom is 0.328 e. The van der Waals surface area contributed by atoms with Gasteiger partial charge in [0, 0.05) is 31.9 Å². The van der Waals surface area contributed by atoms with E-state index in [-0.39, 0.29) is 12.6 Å². The van der Waals surface area contributed by atoms with Gasteiger partial charge in [-0.25, -0.2) is 4.79 Å². The summed E-state index contributed by atoms with van der Waals surface area (Å²) >= 11 is 0. The number of aliphatic hydroxyl groups is 1. The van der Waals surface area contributed by atoms with Crippen LogP contribution in [-0.4, -0.2) is 31.7 Å². The Balaban J connectivity index is 1.95. The van der Waals surface area contributed by atoms with Gasteiger partial charge in [-0.15, -0.1) is 0 Å². The first-order chi connectivity index (χ1) is 14.6. The molecule has 158 valence electrons. The van der Waals surface area contributed by atoms with Gasteiger partial charge in [-0.05, 0) is 17.5 Å². The number of aromatic amines is 1. The Morgan fingerprint density at radius 1 is 0.933 bits per heavy atom. The summed E-state index contributed by atoms with van der Waals surface area (Å²) in [4.78, 5) is 28.3. The van der Waals surface area contributed by atoms with Crippen LogP contribution < -0.4 is 11.2 Å². The van der Waals surface area contributed by atoms with E-state index in [1.807, 2.05) is 43.3 Å². The van der Waals surface area contributed by atoms with Crippen LogP contribution in [0.15, 0.2) is 82.5 Å². The van der Waals surface area contributed by atoms with E-state index in [0.29, 0.717) is 19.5 Å². The van der Waals surface area contributed by atoms with Crippen molar-refractivity contribution >= 4 is 0 Å². The molecule has 1 aromatic heterocycles. The van der Waals surface area contributed by atoms with Crippen molar-refractivity contribution in [3.05, 3.63) is 105 Å². The largest absolute Gasteiger partial charge is 0.391 e. The molecule has 0 radical (unpaired) electrons. The lowest BCUT2D eigenvalue weighted by Gasteiger charge is -2.35. The number of nitrogens with one attached hydrogen (secondary N) is 1. The monoisotopic (exact) mass is 407 g/mol. The summed E-state index contributed by atoms with van der Waals surface area (Å²) in [6.07, 6.45) is 2.35. The molecule has 0 aliphatic carbocycles. The Morgan fingerprint density at radius 2 is 1.50 bits per heavy atom. The van der Waals surface area contributed by atoms with E-state index in [1.54, 1.807) is 0 Å². The molecule has 0 amide bonds.